The lowest BCUT2D eigenvalue weighted by molar-refractivity contribution is -0.419. The summed E-state index contributed by atoms with van der Waals surface area (Å²) in [5, 5.41) is 11.8. The maximum absolute atomic E-state index is 13.3. The molecule has 2 unspecified atom stereocenters. The van der Waals surface area contributed by atoms with E-state index >= 15 is 0 Å². The summed E-state index contributed by atoms with van der Waals surface area (Å²) in [6.07, 6.45) is -2.41. The van der Waals surface area contributed by atoms with Gasteiger partial charge in [-0.3, -0.25) is 0 Å². The summed E-state index contributed by atoms with van der Waals surface area (Å²) in [7, 11) is 0. The average Bonchev–Trinajstić information content (AvgIpc) is 2.31. The molecule has 0 aromatic heterocycles. The number of alkyl halides is 3. The number of aliphatic hydroxyl groups is 1. The molecule has 146 valence electrons. The van der Waals surface area contributed by atoms with Crippen molar-refractivity contribution in [1.29, 1.82) is 0 Å². The molecule has 0 heterocycles. The van der Waals surface area contributed by atoms with Crippen LogP contribution in [0.4, 0.5) is 13.2 Å². The Morgan fingerprint density at radius 3 is 2.00 bits per heavy atom. The van der Waals surface area contributed by atoms with Gasteiger partial charge < -0.3 is 14.6 Å². The maximum Gasteiger partial charge on any atom is 0.394 e. The lowest BCUT2D eigenvalue weighted by atomic mass is 9.28. The molecular weight excluding hydrogens is 333 g/mol. The summed E-state index contributed by atoms with van der Waals surface area (Å²) in [6, 6.07) is 0. The smallest absolute Gasteiger partial charge is 0.389 e. The second-order valence-corrected chi connectivity index (χ2v) is 9.28. The summed E-state index contributed by atoms with van der Waals surface area (Å²) in [4.78, 5) is 0. The SMILES string of the molecule is CCOC(OCC)C1CCC(C)(C)CC1(O)C12CC(C(F)(F)F)(C1)C2. The maximum atomic E-state index is 13.3. The van der Waals surface area contributed by atoms with Crippen molar-refractivity contribution in [3.63, 3.8) is 0 Å². The van der Waals surface area contributed by atoms with Gasteiger partial charge in [0.2, 0.25) is 0 Å². The summed E-state index contributed by atoms with van der Waals surface area (Å²) in [5.74, 6) is -0.271. The Labute approximate surface area is 148 Å². The van der Waals surface area contributed by atoms with Crippen molar-refractivity contribution in [2.24, 2.45) is 22.2 Å². The second kappa shape index (κ2) is 5.83. The molecular formula is C19H31F3O3. The van der Waals surface area contributed by atoms with Gasteiger partial charge in [0, 0.05) is 24.5 Å². The van der Waals surface area contributed by atoms with Gasteiger partial charge in [-0.15, -0.1) is 0 Å². The molecule has 3 nitrogen and oxygen atoms in total. The quantitative estimate of drug-likeness (QED) is 0.696. The third kappa shape index (κ3) is 2.74. The van der Waals surface area contributed by atoms with Gasteiger partial charge in [-0.25, -0.2) is 0 Å². The van der Waals surface area contributed by atoms with Gasteiger partial charge in [0.1, 0.15) is 0 Å². The van der Waals surface area contributed by atoms with Crippen molar-refractivity contribution in [1.82, 2.24) is 0 Å². The first-order valence-corrected chi connectivity index (χ1v) is 9.47. The minimum Gasteiger partial charge on any atom is -0.389 e. The minimum absolute atomic E-state index is 0.0531. The molecule has 0 radical (unpaired) electrons. The zero-order valence-electron chi connectivity index (χ0n) is 15.7. The highest BCUT2D eigenvalue weighted by molar-refractivity contribution is 5.28. The van der Waals surface area contributed by atoms with Crippen LogP contribution in [0.15, 0.2) is 0 Å². The van der Waals surface area contributed by atoms with Gasteiger partial charge in [0.25, 0.3) is 0 Å². The highest BCUT2D eigenvalue weighted by Crippen LogP contribution is 2.83. The predicted molar refractivity (Wildman–Crippen MR) is 87.9 cm³/mol. The van der Waals surface area contributed by atoms with E-state index in [0.717, 1.165) is 12.8 Å². The van der Waals surface area contributed by atoms with Crippen molar-refractivity contribution in [3.05, 3.63) is 0 Å². The fourth-order valence-corrected chi connectivity index (χ4v) is 5.83. The molecule has 6 heteroatoms. The van der Waals surface area contributed by atoms with E-state index in [9.17, 15) is 18.3 Å². The molecule has 1 N–H and O–H groups in total. The molecule has 0 aromatic rings. The van der Waals surface area contributed by atoms with Crippen molar-refractivity contribution in [2.75, 3.05) is 13.2 Å². The van der Waals surface area contributed by atoms with Crippen molar-refractivity contribution >= 4 is 0 Å². The first kappa shape index (κ1) is 19.4. The number of halogens is 3. The lowest BCUT2D eigenvalue weighted by Gasteiger charge is -2.77. The van der Waals surface area contributed by atoms with Gasteiger partial charge in [-0.2, -0.15) is 13.2 Å². The summed E-state index contributed by atoms with van der Waals surface area (Å²) in [5.41, 5.74) is -3.43. The van der Waals surface area contributed by atoms with Crippen LogP contribution in [0.25, 0.3) is 0 Å². The molecule has 0 amide bonds. The van der Waals surface area contributed by atoms with Gasteiger partial charge in [-0.1, -0.05) is 13.8 Å². The van der Waals surface area contributed by atoms with E-state index in [0.29, 0.717) is 19.6 Å². The zero-order valence-corrected chi connectivity index (χ0v) is 15.7. The Morgan fingerprint density at radius 1 is 1.04 bits per heavy atom. The van der Waals surface area contributed by atoms with Crippen LogP contribution in [-0.2, 0) is 9.47 Å². The molecule has 0 aromatic carbocycles. The molecule has 4 aliphatic carbocycles. The molecule has 4 aliphatic rings. The van der Waals surface area contributed by atoms with E-state index in [1.165, 1.54) is 0 Å². The highest BCUT2D eigenvalue weighted by atomic mass is 19.4. The van der Waals surface area contributed by atoms with Crippen LogP contribution in [0.1, 0.15) is 66.2 Å². The number of ether oxygens (including phenoxy) is 2. The Bertz CT molecular complexity index is 491. The molecule has 2 bridgehead atoms. The monoisotopic (exact) mass is 364 g/mol. The first-order valence-electron chi connectivity index (χ1n) is 9.47. The highest BCUT2D eigenvalue weighted by Gasteiger charge is 2.84. The van der Waals surface area contributed by atoms with Crippen LogP contribution in [0.5, 0.6) is 0 Å². The topological polar surface area (TPSA) is 38.7 Å². The van der Waals surface area contributed by atoms with Gasteiger partial charge in [0.05, 0.1) is 11.0 Å². The molecule has 0 spiro atoms. The molecule has 0 aliphatic heterocycles. The summed E-state index contributed by atoms with van der Waals surface area (Å²) < 4.78 is 51.4. The van der Waals surface area contributed by atoms with Crippen LogP contribution in [0.3, 0.4) is 0 Å². The van der Waals surface area contributed by atoms with Crippen LogP contribution in [0, 0.1) is 22.2 Å². The summed E-state index contributed by atoms with van der Waals surface area (Å²) in [6.45, 7) is 8.85. The molecule has 4 rings (SSSR count). The molecule has 4 saturated carbocycles. The lowest BCUT2D eigenvalue weighted by Crippen LogP contribution is -2.79. The Balaban J connectivity index is 1.87. The number of hydrogen-bond acceptors (Lipinski definition) is 3. The van der Waals surface area contributed by atoms with Gasteiger partial charge >= 0.3 is 6.18 Å². The fraction of sp³-hybridized carbons (Fsp3) is 1.00. The Hall–Kier alpha value is -0.330. The predicted octanol–water partition coefficient (Wildman–Crippen LogP) is 4.68. The van der Waals surface area contributed by atoms with Crippen molar-refractivity contribution < 1.29 is 27.8 Å². The number of hydrogen-bond donors (Lipinski definition) is 1. The number of rotatable bonds is 6. The van der Waals surface area contributed by atoms with E-state index in [1.807, 2.05) is 13.8 Å². The van der Waals surface area contributed by atoms with Crippen LogP contribution >= 0.6 is 0 Å². The fourth-order valence-electron chi connectivity index (χ4n) is 5.83. The van der Waals surface area contributed by atoms with E-state index < -0.39 is 28.9 Å². The third-order valence-corrected chi connectivity index (χ3v) is 7.03. The van der Waals surface area contributed by atoms with E-state index in [2.05, 4.69) is 13.8 Å². The molecule has 4 fully saturated rings. The Morgan fingerprint density at radius 2 is 1.56 bits per heavy atom. The van der Waals surface area contributed by atoms with E-state index in [1.54, 1.807) is 0 Å². The average molecular weight is 364 g/mol. The van der Waals surface area contributed by atoms with Crippen molar-refractivity contribution in [3.8, 4) is 0 Å². The Kier molecular flexibility index (Phi) is 4.53. The van der Waals surface area contributed by atoms with Gasteiger partial charge in [0.15, 0.2) is 6.29 Å². The van der Waals surface area contributed by atoms with Crippen molar-refractivity contribution in [2.45, 2.75) is 84.3 Å². The van der Waals surface area contributed by atoms with Crippen LogP contribution < -0.4 is 0 Å². The molecule has 25 heavy (non-hydrogen) atoms. The molecule has 2 atom stereocenters. The third-order valence-electron chi connectivity index (χ3n) is 7.03. The van der Waals surface area contributed by atoms with Gasteiger partial charge in [-0.05, 0) is 57.8 Å². The standard InChI is InChI=1S/C19H31F3O3/c1-5-24-14(25-6-2)13-7-8-15(3,4)9-18(13,23)16-10-17(11-16,12-16)19(20,21)22/h13-14,23H,5-12H2,1-4H3. The van der Waals surface area contributed by atoms with Crippen LogP contribution in [-0.4, -0.2) is 36.4 Å². The normalized spacial score (nSPS) is 42.8. The van der Waals surface area contributed by atoms with E-state index in [4.69, 9.17) is 9.47 Å². The second-order valence-electron chi connectivity index (χ2n) is 9.28. The first-order chi connectivity index (χ1) is 11.4. The molecule has 0 saturated heterocycles. The zero-order chi connectivity index (χ0) is 18.7. The van der Waals surface area contributed by atoms with E-state index in [-0.39, 0.29) is 30.6 Å². The largest absolute Gasteiger partial charge is 0.394 e. The summed E-state index contributed by atoms with van der Waals surface area (Å²) >= 11 is 0. The van der Waals surface area contributed by atoms with Crippen LogP contribution in [0.2, 0.25) is 0 Å². The minimum atomic E-state index is -4.16.